The number of hydrogen-bond donors (Lipinski definition) is 2. The minimum Gasteiger partial charge on any atom is -0.481 e. The lowest BCUT2D eigenvalue weighted by Gasteiger charge is -2.34. The van der Waals surface area contributed by atoms with Crippen molar-refractivity contribution in [3.63, 3.8) is 0 Å². The van der Waals surface area contributed by atoms with Crippen molar-refractivity contribution < 1.29 is 23.5 Å². The van der Waals surface area contributed by atoms with Crippen molar-refractivity contribution in [1.82, 2.24) is 19.8 Å². The molecule has 1 fully saturated rings. The number of carbonyl (C=O) groups excluding carboxylic acids is 1. The molecule has 1 aliphatic rings. The second-order valence-electron chi connectivity index (χ2n) is 13.9. The van der Waals surface area contributed by atoms with E-state index in [1.807, 2.05) is 65.5 Å². The number of nitrogens with one attached hydrogen (secondary N) is 1. The van der Waals surface area contributed by atoms with E-state index in [1.165, 1.54) is 4.57 Å². The molecule has 1 saturated heterocycles. The Hall–Kier alpha value is -3.92. The van der Waals surface area contributed by atoms with Crippen LogP contribution in [-0.4, -0.2) is 57.2 Å². The fourth-order valence-corrected chi connectivity index (χ4v) is 6.71. The molecular formula is C37H48F2N4O4. The van der Waals surface area contributed by atoms with Crippen LogP contribution in [0.3, 0.4) is 0 Å². The van der Waals surface area contributed by atoms with Gasteiger partial charge >= 0.3 is 11.7 Å². The largest absolute Gasteiger partial charge is 0.481 e. The number of carbonyl (C=O) groups is 2. The summed E-state index contributed by atoms with van der Waals surface area (Å²) in [5, 5.41) is 12.7. The van der Waals surface area contributed by atoms with Gasteiger partial charge in [0.2, 0.25) is 5.91 Å². The van der Waals surface area contributed by atoms with Gasteiger partial charge in [-0.2, -0.15) is 4.98 Å². The van der Waals surface area contributed by atoms with Gasteiger partial charge < -0.3 is 10.4 Å². The summed E-state index contributed by atoms with van der Waals surface area (Å²) in [6.45, 7) is 16.6. The van der Waals surface area contributed by atoms with Crippen LogP contribution in [-0.2, 0) is 16.0 Å². The summed E-state index contributed by atoms with van der Waals surface area (Å²) >= 11 is 0. The lowest BCUT2D eigenvalue weighted by atomic mass is 9.89. The fraction of sp³-hybridized carbons (Fsp3) is 0.514. The van der Waals surface area contributed by atoms with Gasteiger partial charge in [0.25, 0.3) is 0 Å². The van der Waals surface area contributed by atoms with Crippen LogP contribution in [0.25, 0.3) is 11.1 Å². The van der Waals surface area contributed by atoms with E-state index in [9.17, 15) is 23.9 Å². The van der Waals surface area contributed by atoms with Gasteiger partial charge in [-0.1, -0.05) is 45.4 Å². The molecule has 2 aromatic carbocycles. The van der Waals surface area contributed by atoms with Crippen LogP contribution in [0.4, 0.5) is 8.78 Å². The van der Waals surface area contributed by atoms with E-state index < -0.39 is 48.1 Å². The van der Waals surface area contributed by atoms with E-state index in [4.69, 9.17) is 0 Å². The summed E-state index contributed by atoms with van der Waals surface area (Å²) in [6, 6.07) is 5.23. The molecule has 10 heteroatoms. The van der Waals surface area contributed by atoms with Crippen LogP contribution in [0.15, 0.2) is 35.3 Å². The van der Waals surface area contributed by atoms with Gasteiger partial charge in [0.1, 0.15) is 18.0 Å². The fourth-order valence-electron chi connectivity index (χ4n) is 6.71. The topological polar surface area (TPSA) is 105 Å². The molecule has 1 aliphatic heterocycles. The molecule has 8 nitrogen and oxygen atoms in total. The number of carboxylic acid groups (broad SMARTS) is 1. The molecule has 2 N–H and O–H groups in total. The summed E-state index contributed by atoms with van der Waals surface area (Å²) in [7, 11) is 0. The molecule has 0 bridgehead atoms. The average molecular weight is 651 g/mol. The Balaban J connectivity index is 1.75. The lowest BCUT2D eigenvalue weighted by molar-refractivity contribution is -0.138. The van der Waals surface area contributed by atoms with E-state index in [-0.39, 0.29) is 23.8 Å². The maximum atomic E-state index is 15.9. The Morgan fingerprint density at radius 1 is 1.02 bits per heavy atom. The van der Waals surface area contributed by atoms with E-state index in [0.29, 0.717) is 37.3 Å². The van der Waals surface area contributed by atoms with Crippen molar-refractivity contribution in [1.29, 1.82) is 0 Å². The van der Waals surface area contributed by atoms with Gasteiger partial charge in [0.05, 0.1) is 18.2 Å². The second-order valence-corrected chi connectivity index (χ2v) is 13.9. The molecule has 2 heterocycles. The Labute approximate surface area is 276 Å². The van der Waals surface area contributed by atoms with Crippen LogP contribution in [0.5, 0.6) is 0 Å². The highest BCUT2D eigenvalue weighted by molar-refractivity contribution is 5.82. The van der Waals surface area contributed by atoms with Gasteiger partial charge in [0.15, 0.2) is 0 Å². The number of amides is 1. The van der Waals surface area contributed by atoms with Gasteiger partial charge in [-0.25, -0.2) is 13.6 Å². The number of aryl methyl sites for hydroxylation is 4. The monoisotopic (exact) mass is 650 g/mol. The van der Waals surface area contributed by atoms with Crippen molar-refractivity contribution in [3.8, 4) is 11.1 Å². The van der Waals surface area contributed by atoms with Gasteiger partial charge in [-0.05, 0) is 97.9 Å². The van der Waals surface area contributed by atoms with Crippen molar-refractivity contribution >= 4 is 11.9 Å². The summed E-state index contributed by atoms with van der Waals surface area (Å²) in [5.41, 5.74) is 5.99. The maximum Gasteiger partial charge on any atom is 0.348 e. The third kappa shape index (κ3) is 8.52. The number of benzene rings is 2. The number of likely N-dealkylation sites (tertiary alicyclic amines) is 1. The third-order valence-corrected chi connectivity index (χ3v) is 8.87. The first-order valence-corrected chi connectivity index (χ1v) is 16.4. The van der Waals surface area contributed by atoms with Gasteiger partial charge in [-0.3, -0.25) is 19.1 Å². The highest BCUT2D eigenvalue weighted by Crippen LogP contribution is 2.34. The normalized spacial score (nSPS) is 15.1. The molecule has 1 amide bonds. The zero-order valence-corrected chi connectivity index (χ0v) is 28.8. The van der Waals surface area contributed by atoms with E-state index in [0.717, 1.165) is 33.4 Å². The molecule has 0 aliphatic carbocycles. The predicted octanol–water partition coefficient (Wildman–Crippen LogP) is 6.52. The highest BCUT2D eigenvalue weighted by Gasteiger charge is 2.31. The molecular weight excluding hydrogens is 602 g/mol. The van der Waals surface area contributed by atoms with Crippen LogP contribution in [0.2, 0.25) is 0 Å². The van der Waals surface area contributed by atoms with Crippen LogP contribution < -0.4 is 11.0 Å². The quantitative estimate of drug-likeness (QED) is 0.218. The first-order valence-electron chi connectivity index (χ1n) is 16.4. The van der Waals surface area contributed by atoms with Crippen molar-refractivity contribution in [3.05, 3.63) is 85.8 Å². The molecule has 3 aromatic rings. The SMILES string of the molecule is Cc1cc(C)c(-c2cc(C)c(F)c([C@H](CC(=O)O)NC(=O)[C@H](CC(C)C)n3cc(CCN4CC(F)C4)c(C(C)C)nc3=O)c2)c(C)c1. The summed E-state index contributed by atoms with van der Waals surface area (Å²) in [4.78, 5) is 46.0. The number of aromatic nitrogens is 2. The summed E-state index contributed by atoms with van der Waals surface area (Å²) < 4.78 is 30.6. The second kappa shape index (κ2) is 14.9. The minimum absolute atomic E-state index is 0.0128. The molecule has 0 spiro atoms. The van der Waals surface area contributed by atoms with Crippen LogP contribution in [0, 0.1) is 39.4 Å². The molecule has 254 valence electrons. The van der Waals surface area contributed by atoms with E-state index >= 15 is 4.39 Å². The summed E-state index contributed by atoms with van der Waals surface area (Å²) in [6.07, 6.45) is 1.09. The first-order chi connectivity index (χ1) is 22.0. The Morgan fingerprint density at radius 2 is 1.66 bits per heavy atom. The van der Waals surface area contributed by atoms with E-state index in [1.54, 1.807) is 25.3 Å². The molecule has 0 unspecified atom stereocenters. The molecule has 0 radical (unpaired) electrons. The first kappa shape index (κ1) is 35.9. The number of nitrogens with zero attached hydrogens (tertiary/aromatic N) is 3. The van der Waals surface area contributed by atoms with Crippen LogP contribution >= 0.6 is 0 Å². The Kier molecular flexibility index (Phi) is 11.4. The standard InChI is InChI=1S/C37H48F2N4O4/c1-20(2)11-31(43-17-26(9-10-42-18-28(38)19-42)35(21(3)4)41-37(43)47)36(46)40-30(16-32(44)45)29-15-27(14-25(8)34(29)39)33-23(6)12-22(5)13-24(33)7/h12-15,17,20-21,28,30-31H,9-11,16,18-19H2,1-8H3,(H,40,46)(H,44,45)/t30-,31-/m0/s1. The average Bonchev–Trinajstić information content (AvgIpc) is 2.94. The van der Waals surface area contributed by atoms with Crippen molar-refractivity contribution in [2.24, 2.45) is 5.92 Å². The summed E-state index contributed by atoms with van der Waals surface area (Å²) in [5.74, 6) is -2.45. The maximum absolute atomic E-state index is 15.9. The Bertz CT molecular complexity index is 1670. The molecule has 2 atom stereocenters. The van der Waals surface area contributed by atoms with Gasteiger partial charge in [-0.15, -0.1) is 0 Å². The number of rotatable bonds is 13. The zero-order chi connectivity index (χ0) is 34.7. The number of hydrogen-bond acceptors (Lipinski definition) is 5. The van der Waals surface area contributed by atoms with Crippen molar-refractivity contribution in [2.45, 2.75) is 98.8 Å². The highest BCUT2D eigenvalue weighted by atomic mass is 19.1. The zero-order valence-electron chi connectivity index (χ0n) is 28.8. The lowest BCUT2D eigenvalue weighted by Crippen LogP contribution is -2.49. The molecule has 0 saturated carbocycles. The Morgan fingerprint density at radius 3 is 2.21 bits per heavy atom. The number of halogens is 2. The number of alkyl halides is 1. The van der Waals surface area contributed by atoms with Crippen molar-refractivity contribution in [2.75, 3.05) is 19.6 Å². The molecule has 1 aromatic heterocycles. The minimum atomic E-state index is -1.20. The molecule has 47 heavy (non-hydrogen) atoms. The third-order valence-electron chi connectivity index (χ3n) is 8.87. The predicted molar refractivity (Wildman–Crippen MR) is 180 cm³/mol. The van der Waals surface area contributed by atoms with E-state index in [2.05, 4.69) is 10.3 Å². The van der Waals surface area contributed by atoms with Crippen LogP contribution in [0.1, 0.15) is 97.6 Å². The number of carboxylic acids is 1. The smallest absolute Gasteiger partial charge is 0.348 e. The van der Waals surface area contributed by atoms with Gasteiger partial charge in [0, 0.05) is 31.4 Å². The molecule has 4 rings (SSSR count). The number of aliphatic carboxylic acids is 1.